The van der Waals surface area contributed by atoms with Crippen LogP contribution in [-0.4, -0.2) is 11.1 Å². The van der Waals surface area contributed by atoms with E-state index in [-0.39, 0.29) is 6.42 Å². The van der Waals surface area contributed by atoms with E-state index in [4.69, 9.17) is 10.5 Å². The van der Waals surface area contributed by atoms with Crippen LogP contribution in [0.1, 0.15) is 17.4 Å². The van der Waals surface area contributed by atoms with Crippen molar-refractivity contribution in [2.24, 2.45) is 5.73 Å². The molecule has 0 aliphatic carbocycles. The maximum atomic E-state index is 13.3. The Morgan fingerprint density at radius 1 is 1.23 bits per heavy atom. The molecule has 1 amide bonds. The van der Waals surface area contributed by atoms with Gasteiger partial charge in [0.25, 0.3) is 0 Å². The maximum Gasteiger partial charge on any atom is 0.405 e. The zero-order chi connectivity index (χ0) is 16.3. The molecule has 0 unspecified atom stereocenters. The van der Waals surface area contributed by atoms with Gasteiger partial charge < -0.3 is 10.5 Å². The average molecular weight is 436 g/mol. The lowest BCUT2D eigenvalue weighted by Gasteiger charge is -2.18. The molecule has 0 spiro atoms. The van der Waals surface area contributed by atoms with Crippen molar-refractivity contribution in [2.75, 3.05) is 0 Å². The van der Waals surface area contributed by atoms with E-state index >= 15 is 0 Å². The molecular formula is C14H10Br2F2N2O2. The van der Waals surface area contributed by atoms with Crippen LogP contribution in [0.5, 0.6) is 0 Å². The Morgan fingerprint density at radius 2 is 1.86 bits per heavy atom. The van der Waals surface area contributed by atoms with Gasteiger partial charge in [-0.05, 0) is 61.7 Å². The second kappa shape index (κ2) is 7.15. The molecule has 0 saturated heterocycles. The minimum Gasteiger partial charge on any atom is -0.439 e. The van der Waals surface area contributed by atoms with Gasteiger partial charge >= 0.3 is 6.09 Å². The highest BCUT2D eigenvalue weighted by Gasteiger charge is 2.21. The van der Waals surface area contributed by atoms with Crippen LogP contribution < -0.4 is 5.73 Å². The Hall–Kier alpha value is -1.54. The van der Waals surface area contributed by atoms with E-state index in [2.05, 4.69) is 36.8 Å². The molecule has 8 heteroatoms. The fraction of sp³-hybridized carbons (Fsp3) is 0.143. The van der Waals surface area contributed by atoms with E-state index < -0.39 is 23.8 Å². The molecule has 2 N–H and O–H groups in total. The summed E-state index contributed by atoms with van der Waals surface area (Å²) >= 11 is 6.52. The number of nitrogens with two attached hydrogens (primary N) is 1. The third-order valence-electron chi connectivity index (χ3n) is 2.75. The van der Waals surface area contributed by atoms with Crippen molar-refractivity contribution in [3.8, 4) is 0 Å². The summed E-state index contributed by atoms with van der Waals surface area (Å²) in [6.07, 6.45) is -1.86. The van der Waals surface area contributed by atoms with Crippen LogP contribution in [0.15, 0.2) is 39.4 Å². The van der Waals surface area contributed by atoms with Crippen molar-refractivity contribution < 1.29 is 18.3 Å². The number of carbonyl (C=O) groups excluding carboxylic acids is 1. The van der Waals surface area contributed by atoms with Gasteiger partial charge in [0.2, 0.25) is 0 Å². The number of hydrogen-bond acceptors (Lipinski definition) is 3. The average Bonchev–Trinajstić information content (AvgIpc) is 2.39. The normalized spacial score (nSPS) is 12.0. The summed E-state index contributed by atoms with van der Waals surface area (Å²) in [5, 5.41) is 0. The number of rotatable bonds is 4. The minimum absolute atomic E-state index is 0.0275. The molecule has 1 heterocycles. The Kier molecular flexibility index (Phi) is 5.47. The summed E-state index contributed by atoms with van der Waals surface area (Å²) in [7, 11) is 0. The molecule has 22 heavy (non-hydrogen) atoms. The number of benzene rings is 1. The Balaban J connectivity index is 2.37. The SMILES string of the molecule is NC(=O)O[C@@H](Cc1cc(F)cc(F)c1)c1nc(Br)ccc1Br. The first-order chi connectivity index (χ1) is 10.3. The van der Waals surface area contributed by atoms with Gasteiger partial charge in [0.05, 0.1) is 5.69 Å². The number of hydrogen-bond donors (Lipinski definition) is 1. The Labute approximate surface area is 141 Å². The Bertz CT molecular complexity index is 693. The summed E-state index contributed by atoms with van der Waals surface area (Å²) in [6.45, 7) is 0. The number of primary amides is 1. The third kappa shape index (κ3) is 4.48. The smallest absolute Gasteiger partial charge is 0.405 e. The molecule has 0 radical (unpaired) electrons. The topological polar surface area (TPSA) is 65.2 Å². The number of aromatic nitrogens is 1. The van der Waals surface area contributed by atoms with Crippen LogP contribution in [0.2, 0.25) is 0 Å². The van der Waals surface area contributed by atoms with Crippen LogP contribution in [0.4, 0.5) is 13.6 Å². The zero-order valence-electron chi connectivity index (χ0n) is 11.0. The molecule has 0 aliphatic heterocycles. The molecule has 0 saturated carbocycles. The standard InChI is InChI=1S/C14H10Br2F2N2O2/c15-10-1-2-12(16)20-13(10)11(22-14(19)21)5-7-3-8(17)6-9(18)4-7/h1-4,6,11H,5H2,(H2,19,21)/t11-/m0/s1. The molecule has 1 atom stereocenters. The first kappa shape index (κ1) is 16.8. The van der Waals surface area contributed by atoms with Gasteiger partial charge in [0, 0.05) is 17.0 Å². The third-order valence-corrected chi connectivity index (χ3v) is 3.86. The second-order valence-corrected chi connectivity index (χ2v) is 6.08. The lowest BCUT2D eigenvalue weighted by atomic mass is 10.0. The largest absolute Gasteiger partial charge is 0.439 e. The molecular weight excluding hydrogens is 426 g/mol. The fourth-order valence-electron chi connectivity index (χ4n) is 1.94. The number of amides is 1. The summed E-state index contributed by atoms with van der Waals surface area (Å²) in [5.41, 5.74) is 5.77. The number of ether oxygens (including phenoxy) is 1. The molecule has 0 bridgehead atoms. The highest BCUT2D eigenvalue weighted by molar-refractivity contribution is 9.11. The summed E-state index contributed by atoms with van der Waals surface area (Å²) in [4.78, 5) is 15.3. The molecule has 1 aromatic heterocycles. The summed E-state index contributed by atoms with van der Waals surface area (Å²) < 4.78 is 32.7. The molecule has 4 nitrogen and oxygen atoms in total. The predicted octanol–water partition coefficient (Wildman–Crippen LogP) is 4.26. The van der Waals surface area contributed by atoms with Gasteiger partial charge in [-0.25, -0.2) is 18.6 Å². The highest BCUT2D eigenvalue weighted by atomic mass is 79.9. The number of nitrogens with zero attached hydrogens (tertiary/aromatic N) is 1. The number of halogens is 4. The second-order valence-electron chi connectivity index (χ2n) is 4.41. The maximum absolute atomic E-state index is 13.3. The predicted molar refractivity (Wildman–Crippen MR) is 83.1 cm³/mol. The van der Waals surface area contributed by atoms with Crippen LogP contribution in [0.3, 0.4) is 0 Å². The first-order valence-electron chi connectivity index (χ1n) is 6.08. The van der Waals surface area contributed by atoms with E-state index in [0.29, 0.717) is 20.3 Å². The fourth-order valence-corrected chi connectivity index (χ4v) is 2.74. The molecule has 0 fully saturated rings. The molecule has 2 rings (SSSR count). The number of pyridine rings is 1. The van der Waals surface area contributed by atoms with Crippen LogP contribution >= 0.6 is 31.9 Å². The Morgan fingerprint density at radius 3 is 2.45 bits per heavy atom. The van der Waals surface area contributed by atoms with E-state index in [0.717, 1.165) is 18.2 Å². The quantitative estimate of drug-likeness (QED) is 0.729. The van der Waals surface area contributed by atoms with Crippen molar-refractivity contribution in [2.45, 2.75) is 12.5 Å². The van der Waals surface area contributed by atoms with Crippen molar-refractivity contribution in [1.82, 2.24) is 4.98 Å². The van der Waals surface area contributed by atoms with Gasteiger partial charge in [-0.3, -0.25) is 0 Å². The van der Waals surface area contributed by atoms with E-state index in [1.807, 2.05) is 0 Å². The van der Waals surface area contributed by atoms with Gasteiger partial charge in [0.15, 0.2) is 6.10 Å². The molecule has 2 aromatic rings. The summed E-state index contributed by atoms with van der Waals surface area (Å²) in [6, 6.07) is 6.48. The summed E-state index contributed by atoms with van der Waals surface area (Å²) in [5.74, 6) is -1.43. The van der Waals surface area contributed by atoms with E-state index in [9.17, 15) is 13.6 Å². The van der Waals surface area contributed by atoms with Crippen LogP contribution in [0.25, 0.3) is 0 Å². The highest BCUT2D eigenvalue weighted by Crippen LogP contribution is 2.29. The molecule has 116 valence electrons. The van der Waals surface area contributed by atoms with Crippen molar-refractivity contribution in [3.63, 3.8) is 0 Å². The van der Waals surface area contributed by atoms with Gasteiger partial charge in [-0.2, -0.15) is 0 Å². The first-order valence-corrected chi connectivity index (χ1v) is 7.66. The zero-order valence-corrected chi connectivity index (χ0v) is 14.2. The minimum atomic E-state index is -1.00. The van der Waals surface area contributed by atoms with Crippen molar-refractivity contribution in [3.05, 3.63) is 62.3 Å². The number of carbonyl (C=O) groups is 1. The van der Waals surface area contributed by atoms with Gasteiger partial charge in [0.1, 0.15) is 16.2 Å². The van der Waals surface area contributed by atoms with Crippen molar-refractivity contribution in [1.29, 1.82) is 0 Å². The van der Waals surface area contributed by atoms with Crippen LogP contribution in [0, 0.1) is 11.6 Å². The van der Waals surface area contributed by atoms with E-state index in [1.54, 1.807) is 12.1 Å². The van der Waals surface area contributed by atoms with Gasteiger partial charge in [-0.1, -0.05) is 0 Å². The lowest BCUT2D eigenvalue weighted by molar-refractivity contribution is 0.104. The lowest BCUT2D eigenvalue weighted by Crippen LogP contribution is -2.20. The van der Waals surface area contributed by atoms with Crippen LogP contribution in [-0.2, 0) is 11.2 Å². The monoisotopic (exact) mass is 434 g/mol. The van der Waals surface area contributed by atoms with Crippen molar-refractivity contribution >= 4 is 38.0 Å². The molecule has 1 aromatic carbocycles. The molecule has 0 aliphatic rings. The van der Waals surface area contributed by atoms with E-state index in [1.165, 1.54) is 0 Å². The van der Waals surface area contributed by atoms with Gasteiger partial charge in [-0.15, -0.1) is 0 Å².